The van der Waals surface area contributed by atoms with Crippen molar-refractivity contribution in [3.8, 4) is 6.07 Å². The third kappa shape index (κ3) is 5.67. The van der Waals surface area contributed by atoms with E-state index in [1.165, 1.54) is 10.5 Å². The number of nitrogens with zero attached hydrogens (tertiary/aromatic N) is 5. The molecule has 2 aliphatic rings. The first-order valence-electron chi connectivity index (χ1n) is 12.4. The predicted molar refractivity (Wildman–Crippen MR) is 152 cm³/mol. The Morgan fingerprint density at radius 3 is 2.47 bits per heavy atom. The minimum atomic E-state index is -1.01. The van der Waals surface area contributed by atoms with Crippen molar-refractivity contribution in [2.45, 2.75) is 33.4 Å². The summed E-state index contributed by atoms with van der Waals surface area (Å²) in [5, 5.41) is 18.8. The second-order valence-electron chi connectivity index (χ2n) is 9.12. The number of pyridine rings is 1. The van der Waals surface area contributed by atoms with Crippen LogP contribution < -0.4 is 10.5 Å². The van der Waals surface area contributed by atoms with Crippen LogP contribution in [0.2, 0.25) is 0 Å². The number of hydrogen-bond donors (Lipinski definition) is 1. The summed E-state index contributed by atoms with van der Waals surface area (Å²) in [4.78, 5) is 43.6. The molecular weight excluding hydrogens is 522 g/mol. The first kappa shape index (κ1) is 27.6. The van der Waals surface area contributed by atoms with Crippen molar-refractivity contribution in [3.63, 3.8) is 0 Å². The van der Waals surface area contributed by atoms with Gasteiger partial charge in [0, 0.05) is 51.4 Å². The summed E-state index contributed by atoms with van der Waals surface area (Å²) in [6, 6.07) is 12.3. The van der Waals surface area contributed by atoms with E-state index >= 15 is 0 Å². The molecule has 2 fully saturated rings. The van der Waals surface area contributed by atoms with Gasteiger partial charge in [-0.05, 0) is 31.1 Å². The van der Waals surface area contributed by atoms with Crippen LogP contribution >= 0.6 is 24.0 Å². The number of benzene rings is 1. The second kappa shape index (κ2) is 11.9. The fourth-order valence-electron chi connectivity index (χ4n) is 4.77. The third-order valence-electron chi connectivity index (χ3n) is 6.78. The van der Waals surface area contributed by atoms with Gasteiger partial charge in [0.15, 0.2) is 0 Å². The molecule has 2 aliphatic heterocycles. The highest BCUT2D eigenvalue weighted by Crippen LogP contribution is 2.36. The molecule has 1 N–H and O–H groups in total. The normalized spacial score (nSPS) is 17.3. The number of nitriles is 1. The molecule has 2 saturated heterocycles. The van der Waals surface area contributed by atoms with Gasteiger partial charge in [-0.25, -0.2) is 0 Å². The topological polar surface area (TPSA) is 110 Å². The SMILES string of the molecule is CCn1c(N2CCN(Cc3ccccc3)CC2)c(/C=C2\SC(=S)N(CCC(=O)O)C2=O)c(C)c(C#N)c1=O. The molecule has 9 nitrogen and oxygen atoms in total. The molecular formula is C27H29N5O4S2. The van der Waals surface area contributed by atoms with Crippen LogP contribution in [-0.2, 0) is 22.7 Å². The van der Waals surface area contributed by atoms with E-state index in [4.69, 9.17) is 17.3 Å². The van der Waals surface area contributed by atoms with E-state index in [-0.39, 0.29) is 30.0 Å². The maximum absolute atomic E-state index is 13.3. The summed E-state index contributed by atoms with van der Waals surface area (Å²) >= 11 is 6.45. The van der Waals surface area contributed by atoms with Crippen molar-refractivity contribution < 1.29 is 14.7 Å². The van der Waals surface area contributed by atoms with Gasteiger partial charge in [0.2, 0.25) is 0 Å². The summed E-state index contributed by atoms with van der Waals surface area (Å²) in [5.74, 6) is -0.697. The number of rotatable bonds is 8. The van der Waals surface area contributed by atoms with E-state index in [0.29, 0.717) is 45.8 Å². The van der Waals surface area contributed by atoms with E-state index in [9.17, 15) is 19.6 Å². The summed E-state index contributed by atoms with van der Waals surface area (Å²) in [5.41, 5.74) is 2.09. The Balaban J connectivity index is 1.69. The summed E-state index contributed by atoms with van der Waals surface area (Å²) in [6.07, 6.45) is 1.49. The van der Waals surface area contributed by atoms with E-state index < -0.39 is 5.97 Å². The maximum atomic E-state index is 13.3. The van der Waals surface area contributed by atoms with Gasteiger partial charge in [-0.3, -0.25) is 28.8 Å². The van der Waals surface area contributed by atoms with Crippen LogP contribution in [0.25, 0.3) is 6.08 Å². The Labute approximate surface area is 230 Å². The monoisotopic (exact) mass is 551 g/mol. The van der Waals surface area contributed by atoms with Gasteiger partial charge < -0.3 is 10.0 Å². The number of carbonyl (C=O) groups is 2. The van der Waals surface area contributed by atoms with Crippen LogP contribution in [0.15, 0.2) is 40.0 Å². The van der Waals surface area contributed by atoms with Gasteiger partial charge in [0.1, 0.15) is 21.8 Å². The van der Waals surface area contributed by atoms with Gasteiger partial charge in [-0.1, -0.05) is 54.3 Å². The van der Waals surface area contributed by atoms with Crippen molar-refractivity contribution >= 4 is 52.1 Å². The molecule has 4 rings (SSSR count). The zero-order valence-electron chi connectivity index (χ0n) is 21.3. The van der Waals surface area contributed by atoms with Crippen molar-refractivity contribution in [2.75, 3.05) is 37.6 Å². The average molecular weight is 552 g/mol. The van der Waals surface area contributed by atoms with E-state index in [1.807, 2.05) is 31.2 Å². The minimum absolute atomic E-state index is 0.00947. The Kier molecular flexibility index (Phi) is 8.66. The molecule has 198 valence electrons. The smallest absolute Gasteiger partial charge is 0.305 e. The molecule has 3 heterocycles. The van der Waals surface area contributed by atoms with Crippen LogP contribution in [0, 0.1) is 18.3 Å². The number of hydrogen-bond acceptors (Lipinski definition) is 8. The predicted octanol–water partition coefficient (Wildman–Crippen LogP) is 3.05. The average Bonchev–Trinajstić information content (AvgIpc) is 3.17. The zero-order valence-corrected chi connectivity index (χ0v) is 23.0. The fraction of sp³-hybridized carbons (Fsp3) is 0.370. The van der Waals surface area contributed by atoms with Crippen molar-refractivity contribution in [3.05, 3.63) is 67.8 Å². The fourth-order valence-corrected chi connectivity index (χ4v) is 6.06. The van der Waals surface area contributed by atoms with Gasteiger partial charge in [0.25, 0.3) is 11.5 Å². The first-order valence-corrected chi connectivity index (χ1v) is 13.6. The molecule has 38 heavy (non-hydrogen) atoms. The number of carboxylic acids is 1. The standard InChI is InChI=1S/C27H29N5O4S2/c1-3-31-24(30-13-11-29(12-14-30)17-19-7-5-4-6-8-19)20(18(2)21(16-28)25(31)35)15-22-26(36)32(27(37)38-22)10-9-23(33)34/h4-8,15H,3,9-14,17H2,1-2H3,(H,33,34)/b22-15-. The lowest BCUT2D eigenvalue weighted by atomic mass is 10.0. The lowest BCUT2D eigenvalue weighted by Crippen LogP contribution is -2.48. The van der Waals surface area contributed by atoms with Crippen LogP contribution in [0.3, 0.4) is 0 Å². The molecule has 1 amide bonds. The Hall–Kier alpha value is -3.46. The van der Waals surface area contributed by atoms with Crippen molar-refractivity contribution in [2.24, 2.45) is 0 Å². The van der Waals surface area contributed by atoms with Gasteiger partial charge in [0.05, 0.1) is 11.3 Å². The number of piperazine rings is 1. The van der Waals surface area contributed by atoms with Crippen LogP contribution in [0.4, 0.5) is 5.82 Å². The molecule has 2 aromatic rings. The largest absolute Gasteiger partial charge is 0.481 e. The molecule has 0 aliphatic carbocycles. The minimum Gasteiger partial charge on any atom is -0.481 e. The number of thiocarbonyl (C=S) groups is 1. The van der Waals surface area contributed by atoms with E-state index in [1.54, 1.807) is 17.6 Å². The summed E-state index contributed by atoms with van der Waals surface area (Å²) < 4.78 is 1.90. The second-order valence-corrected chi connectivity index (χ2v) is 10.8. The molecule has 0 spiro atoms. The van der Waals surface area contributed by atoms with Crippen LogP contribution in [0.5, 0.6) is 0 Å². The lowest BCUT2D eigenvalue weighted by molar-refractivity contribution is -0.137. The molecule has 1 aromatic heterocycles. The highest BCUT2D eigenvalue weighted by atomic mass is 32.2. The highest BCUT2D eigenvalue weighted by Gasteiger charge is 2.33. The molecule has 0 radical (unpaired) electrons. The zero-order chi connectivity index (χ0) is 27.4. The number of carboxylic acid groups (broad SMARTS) is 1. The lowest BCUT2D eigenvalue weighted by Gasteiger charge is -2.38. The van der Waals surface area contributed by atoms with Crippen LogP contribution in [-0.4, -0.2) is 68.4 Å². The molecule has 11 heteroatoms. The Morgan fingerprint density at radius 2 is 1.87 bits per heavy atom. The van der Waals surface area contributed by atoms with E-state index in [2.05, 4.69) is 21.9 Å². The quantitative estimate of drug-likeness (QED) is 0.391. The molecule has 1 aromatic carbocycles. The maximum Gasteiger partial charge on any atom is 0.305 e. The van der Waals surface area contributed by atoms with Gasteiger partial charge in [-0.15, -0.1) is 0 Å². The molecule has 0 bridgehead atoms. The molecule has 0 saturated carbocycles. The van der Waals surface area contributed by atoms with Crippen molar-refractivity contribution in [1.29, 1.82) is 5.26 Å². The number of aliphatic carboxylic acids is 1. The molecule has 0 unspecified atom stereocenters. The first-order chi connectivity index (χ1) is 18.2. The Bertz CT molecular complexity index is 1390. The van der Waals surface area contributed by atoms with Gasteiger partial charge >= 0.3 is 5.97 Å². The summed E-state index contributed by atoms with van der Waals surface area (Å²) in [6.45, 7) is 7.74. The summed E-state index contributed by atoms with van der Waals surface area (Å²) in [7, 11) is 0. The number of amides is 1. The van der Waals surface area contributed by atoms with Crippen molar-refractivity contribution in [1.82, 2.24) is 14.4 Å². The third-order valence-corrected chi connectivity index (χ3v) is 8.16. The number of anilines is 1. The van der Waals surface area contributed by atoms with Gasteiger partial charge in [-0.2, -0.15) is 5.26 Å². The van der Waals surface area contributed by atoms with Crippen LogP contribution in [0.1, 0.15) is 35.6 Å². The van der Waals surface area contributed by atoms with E-state index in [0.717, 1.165) is 31.4 Å². The number of thioether (sulfide) groups is 1. The Morgan fingerprint density at radius 1 is 1.18 bits per heavy atom. The highest BCUT2D eigenvalue weighted by molar-refractivity contribution is 8.26. The number of carbonyl (C=O) groups excluding carboxylic acids is 1. The molecule has 0 atom stereocenters. The number of aromatic nitrogens is 1.